The van der Waals surface area contributed by atoms with Crippen molar-refractivity contribution in [2.75, 3.05) is 13.7 Å². The molecule has 32 heavy (non-hydrogen) atoms. The Morgan fingerprint density at radius 2 is 1.94 bits per heavy atom. The number of halogens is 1. The van der Waals surface area contributed by atoms with Crippen molar-refractivity contribution in [1.29, 1.82) is 0 Å². The maximum atomic E-state index is 13.8. The Kier molecular flexibility index (Phi) is 7.68. The first-order chi connectivity index (χ1) is 15.5. The number of carbonyl (C=O) groups excluding carboxylic acids is 1. The van der Waals surface area contributed by atoms with Crippen molar-refractivity contribution in [3.63, 3.8) is 0 Å². The van der Waals surface area contributed by atoms with E-state index < -0.39 is 0 Å². The van der Waals surface area contributed by atoms with Gasteiger partial charge in [-0.25, -0.2) is 4.39 Å². The number of nitrogens with zero attached hydrogens (tertiary/aromatic N) is 1. The van der Waals surface area contributed by atoms with Gasteiger partial charge in [-0.05, 0) is 42.5 Å². The average Bonchev–Trinajstić information content (AvgIpc) is 3.40. The number of ether oxygens (including phenoxy) is 2. The summed E-state index contributed by atoms with van der Waals surface area (Å²) in [5, 5.41) is -0.207. The zero-order valence-corrected chi connectivity index (χ0v) is 19.9. The Balaban J connectivity index is 1.37. The summed E-state index contributed by atoms with van der Waals surface area (Å²) < 4.78 is 25.8. The molecule has 1 atom stereocenters. The lowest BCUT2D eigenvalue weighted by Crippen LogP contribution is -2.33. The molecule has 2 aromatic rings. The van der Waals surface area contributed by atoms with Crippen molar-refractivity contribution in [3.05, 3.63) is 59.4 Å². The molecule has 1 saturated heterocycles. The fraction of sp³-hybridized carbons (Fsp3) is 0.440. The molecule has 1 amide bonds. The summed E-state index contributed by atoms with van der Waals surface area (Å²) in [5.41, 5.74) is 1.46. The van der Waals surface area contributed by atoms with Gasteiger partial charge in [0.2, 0.25) is 5.91 Å². The highest BCUT2D eigenvalue weighted by Crippen LogP contribution is 2.35. The number of rotatable bonds is 9. The van der Waals surface area contributed by atoms with Crippen molar-refractivity contribution in [2.24, 2.45) is 5.92 Å². The SMILES string of the molecule is COc1cc(C[C@@H]2SC(=S)N(CCC3CCCC3)C2=O)ccc1OCc1ccccc1F. The van der Waals surface area contributed by atoms with Crippen LogP contribution in [0, 0.1) is 11.7 Å². The first kappa shape index (κ1) is 23.1. The molecule has 0 unspecified atom stereocenters. The second-order valence-electron chi connectivity index (χ2n) is 8.37. The second kappa shape index (κ2) is 10.7. The third-order valence-electron chi connectivity index (χ3n) is 6.23. The van der Waals surface area contributed by atoms with E-state index in [1.807, 2.05) is 18.2 Å². The standard InChI is InChI=1S/C25H28FNO3S2/c1-29-22-14-18(10-11-21(22)30-16-19-8-4-5-9-20(19)26)15-23-24(28)27(25(31)32-23)13-12-17-6-2-3-7-17/h4-5,8-11,14,17,23H,2-3,6-7,12-13,15-16H2,1H3/t23-/m0/s1. The summed E-state index contributed by atoms with van der Waals surface area (Å²) >= 11 is 6.98. The van der Waals surface area contributed by atoms with Gasteiger partial charge in [-0.3, -0.25) is 9.69 Å². The Morgan fingerprint density at radius 1 is 1.16 bits per heavy atom. The van der Waals surface area contributed by atoms with Crippen molar-refractivity contribution >= 4 is 34.2 Å². The van der Waals surface area contributed by atoms with Crippen molar-refractivity contribution in [3.8, 4) is 11.5 Å². The molecule has 0 spiro atoms. The maximum Gasteiger partial charge on any atom is 0.241 e. The van der Waals surface area contributed by atoms with Crippen molar-refractivity contribution < 1.29 is 18.7 Å². The molecule has 7 heteroatoms. The van der Waals surface area contributed by atoms with Crippen LogP contribution in [0.15, 0.2) is 42.5 Å². The smallest absolute Gasteiger partial charge is 0.241 e. The van der Waals surface area contributed by atoms with Gasteiger partial charge in [-0.1, -0.05) is 73.9 Å². The number of amides is 1. The van der Waals surface area contributed by atoms with Gasteiger partial charge in [0.05, 0.1) is 12.4 Å². The maximum absolute atomic E-state index is 13.8. The molecule has 4 nitrogen and oxygen atoms in total. The summed E-state index contributed by atoms with van der Waals surface area (Å²) in [5.74, 6) is 1.65. The van der Waals surface area contributed by atoms with Gasteiger partial charge >= 0.3 is 0 Å². The number of carbonyl (C=O) groups is 1. The van der Waals surface area contributed by atoms with Crippen molar-refractivity contribution in [1.82, 2.24) is 4.90 Å². The number of thiocarbonyl (C=S) groups is 1. The van der Waals surface area contributed by atoms with Crippen LogP contribution in [0.3, 0.4) is 0 Å². The molecule has 2 fully saturated rings. The molecule has 0 bridgehead atoms. The highest BCUT2D eigenvalue weighted by atomic mass is 32.2. The molecule has 0 N–H and O–H groups in total. The van der Waals surface area contributed by atoms with E-state index in [2.05, 4.69) is 0 Å². The van der Waals surface area contributed by atoms with Crippen LogP contribution in [0.25, 0.3) is 0 Å². The highest BCUT2D eigenvalue weighted by molar-refractivity contribution is 8.24. The Bertz CT molecular complexity index is 977. The van der Waals surface area contributed by atoms with Crippen LogP contribution in [0.5, 0.6) is 11.5 Å². The molecule has 2 aliphatic rings. The van der Waals surface area contributed by atoms with E-state index in [9.17, 15) is 9.18 Å². The second-order valence-corrected chi connectivity index (χ2v) is 10.2. The van der Waals surface area contributed by atoms with Crippen molar-refractivity contribution in [2.45, 2.75) is 50.4 Å². The molecule has 4 rings (SSSR count). The highest BCUT2D eigenvalue weighted by Gasteiger charge is 2.37. The van der Waals surface area contributed by atoms with Crippen LogP contribution in [0.2, 0.25) is 0 Å². The summed E-state index contributed by atoms with van der Waals surface area (Å²) in [6.07, 6.45) is 6.78. The summed E-state index contributed by atoms with van der Waals surface area (Å²) in [7, 11) is 1.57. The molecule has 0 aromatic heterocycles. The van der Waals surface area contributed by atoms with E-state index in [-0.39, 0.29) is 23.6 Å². The third kappa shape index (κ3) is 5.44. The van der Waals surface area contributed by atoms with E-state index in [0.29, 0.717) is 27.8 Å². The Labute approximate surface area is 198 Å². The zero-order valence-electron chi connectivity index (χ0n) is 18.2. The quantitative estimate of drug-likeness (QED) is 0.433. The lowest BCUT2D eigenvalue weighted by molar-refractivity contribution is -0.126. The minimum absolute atomic E-state index is 0.108. The zero-order chi connectivity index (χ0) is 22.5. The van der Waals surface area contributed by atoms with Crippen LogP contribution in [0.1, 0.15) is 43.2 Å². The minimum atomic E-state index is -0.298. The lowest BCUT2D eigenvalue weighted by atomic mass is 10.0. The molecule has 2 aromatic carbocycles. The normalized spacial score (nSPS) is 19.1. The van der Waals surface area contributed by atoms with Gasteiger partial charge in [0.15, 0.2) is 11.5 Å². The van der Waals surface area contributed by atoms with Gasteiger partial charge in [-0.2, -0.15) is 0 Å². The molecular formula is C25H28FNO3S2. The van der Waals surface area contributed by atoms with Crippen LogP contribution in [0.4, 0.5) is 4.39 Å². The van der Waals surface area contributed by atoms with E-state index in [4.69, 9.17) is 21.7 Å². The Morgan fingerprint density at radius 3 is 2.69 bits per heavy atom. The van der Waals surface area contributed by atoms with Crippen LogP contribution in [-0.4, -0.2) is 34.0 Å². The molecule has 1 saturated carbocycles. The van der Waals surface area contributed by atoms with Gasteiger partial charge < -0.3 is 9.47 Å². The number of hydrogen-bond donors (Lipinski definition) is 0. The van der Waals surface area contributed by atoms with Gasteiger partial charge in [0.1, 0.15) is 16.7 Å². The molecule has 0 radical (unpaired) electrons. The number of hydrogen-bond acceptors (Lipinski definition) is 5. The van der Waals surface area contributed by atoms with E-state index in [0.717, 1.165) is 24.4 Å². The number of methoxy groups -OCH3 is 1. The number of benzene rings is 2. The van der Waals surface area contributed by atoms with Gasteiger partial charge in [0.25, 0.3) is 0 Å². The minimum Gasteiger partial charge on any atom is -0.493 e. The summed E-state index contributed by atoms with van der Waals surface area (Å²) in [4.78, 5) is 14.8. The topological polar surface area (TPSA) is 38.8 Å². The van der Waals surface area contributed by atoms with E-state index in [1.165, 1.54) is 43.5 Å². The lowest BCUT2D eigenvalue weighted by Gasteiger charge is -2.18. The predicted molar refractivity (Wildman–Crippen MR) is 130 cm³/mol. The van der Waals surface area contributed by atoms with Gasteiger partial charge in [0, 0.05) is 12.1 Å². The summed E-state index contributed by atoms with van der Waals surface area (Å²) in [6, 6.07) is 12.2. The molecule has 1 heterocycles. The fourth-order valence-electron chi connectivity index (χ4n) is 4.38. The Hall–Kier alpha value is -2.12. The molecular weight excluding hydrogens is 445 g/mol. The predicted octanol–water partition coefficient (Wildman–Crippen LogP) is 5.77. The average molecular weight is 474 g/mol. The third-order valence-corrected chi connectivity index (χ3v) is 7.81. The molecule has 170 valence electrons. The van der Waals surface area contributed by atoms with Gasteiger partial charge in [-0.15, -0.1) is 0 Å². The number of thioether (sulfide) groups is 1. The van der Waals surface area contributed by atoms with Crippen LogP contribution >= 0.6 is 24.0 Å². The first-order valence-electron chi connectivity index (χ1n) is 11.1. The molecule has 1 aliphatic carbocycles. The molecule has 1 aliphatic heterocycles. The monoisotopic (exact) mass is 473 g/mol. The summed E-state index contributed by atoms with van der Waals surface area (Å²) in [6.45, 7) is 0.849. The van der Waals surface area contributed by atoms with E-state index >= 15 is 0 Å². The van der Waals surface area contributed by atoms with E-state index in [1.54, 1.807) is 30.2 Å². The first-order valence-corrected chi connectivity index (χ1v) is 12.4. The van der Waals surface area contributed by atoms with Crippen LogP contribution in [-0.2, 0) is 17.8 Å². The fourth-order valence-corrected chi connectivity index (χ4v) is 5.97. The van der Waals surface area contributed by atoms with Crippen LogP contribution < -0.4 is 9.47 Å². The largest absolute Gasteiger partial charge is 0.493 e.